The van der Waals surface area contributed by atoms with Crippen molar-refractivity contribution in [1.82, 2.24) is 10.3 Å². The van der Waals surface area contributed by atoms with Crippen LogP contribution in [0.1, 0.15) is 12.6 Å². The maximum Gasteiger partial charge on any atom is 0.327 e. The third-order valence-corrected chi connectivity index (χ3v) is 4.34. The number of para-hydroxylation sites is 1. The number of amides is 1. The molecule has 0 aliphatic rings. The Kier molecular flexibility index (Phi) is 5.44. The second-order valence-corrected chi connectivity index (χ2v) is 6.08. The first-order valence-corrected chi connectivity index (χ1v) is 7.98. The van der Waals surface area contributed by atoms with Crippen molar-refractivity contribution in [3.05, 3.63) is 30.0 Å². The topological polar surface area (TPSA) is 88.5 Å². The summed E-state index contributed by atoms with van der Waals surface area (Å²) in [5, 5.41) is 12.5. The molecule has 0 saturated carbocycles. The fourth-order valence-electron chi connectivity index (χ4n) is 2.19. The Morgan fingerprint density at radius 1 is 1.43 bits per heavy atom. The van der Waals surface area contributed by atoms with Gasteiger partial charge in [0.05, 0.1) is 7.11 Å². The maximum absolute atomic E-state index is 11.2. The van der Waals surface area contributed by atoms with Gasteiger partial charge in [0.2, 0.25) is 5.91 Å². The van der Waals surface area contributed by atoms with Gasteiger partial charge in [-0.25, -0.2) is 9.78 Å². The molecule has 0 unspecified atom stereocenters. The average Bonchev–Trinajstić information content (AvgIpc) is 2.49. The minimum Gasteiger partial charge on any atom is -0.494 e. The zero-order valence-corrected chi connectivity index (χ0v) is 13.9. The van der Waals surface area contributed by atoms with Crippen LogP contribution < -0.4 is 10.1 Å². The van der Waals surface area contributed by atoms with Gasteiger partial charge in [0.1, 0.15) is 17.3 Å². The van der Waals surface area contributed by atoms with Crippen LogP contribution in [0, 0.1) is 6.92 Å². The lowest BCUT2D eigenvalue weighted by Crippen LogP contribution is -2.41. The molecule has 23 heavy (non-hydrogen) atoms. The molecule has 1 atom stereocenters. The molecule has 2 rings (SSSR count). The fourth-order valence-corrected chi connectivity index (χ4v) is 3.34. The molecule has 0 saturated heterocycles. The Morgan fingerprint density at radius 3 is 2.78 bits per heavy atom. The van der Waals surface area contributed by atoms with E-state index in [0.29, 0.717) is 5.75 Å². The number of hydrogen-bond acceptors (Lipinski definition) is 5. The lowest BCUT2D eigenvalue weighted by molar-refractivity contribution is -0.140. The van der Waals surface area contributed by atoms with Crippen LogP contribution in [0.15, 0.2) is 29.2 Å². The second kappa shape index (κ2) is 7.32. The van der Waals surface area contributed by atoms with E-state index in [4.69, 9.17) is 4.74 Å². The molecule has 122 valence electrons. The zero-order valence-electron chi connectivity index (χ0n) is 13.1. The number of methoxy groups -OCH3 is 1. The number of aliphatic carboxylic acids is 1. The molecular weight excluding hydrogens is 316 g/mol. The third-order valence-electron chi connectivity index (χ3n) is 3.19. The van der Waals surface area contributed by atoms with E-state index in [1.54, 1.807) is 7.11 Å². The molecule has 1 heterocycles. The van der Waals surface area contributed by atoms with Crippen LogP contribution >= 0.6 is 11.8 Å². The Labute approximate surface area is 138 Å². The van der Waals surface area contributed by atoms with Crippen LogP contribution in [0.25, 0.3) is 10.9 Å². The van der Waals surface area contributed by atoms with Gasteiger partial charge in [-0.15, -0.1) is 11.8 Å². The number of ether oxygens (including phenoxy) is 1. The van der Waals surface area contributed by atoms with Crippen LogP contribution in [0.3, 0.4) is 0 Å². The number of thioether (sulfide) groups is 1. The summed E-state index contributed by atoms with van der Waals surface area (Å²) in [6.45, 7) is 3.18. The summed E-state index contributed by atoms with van der Waals surface area (Å²) in [6.07, 6.45) is 0. The monoisotopic (exact) mass is 334 g/mol. The van der Waals surface area contributed by atoms with Gasteiger partial charge >= 0.3 is 5.97 Å². The number of aryl methyl sites for hydroxylation is 1. The van der Waals surface area contributed by atoms with Gasteiger partial charge in [0, 0.05) is 28.7 Å². The smallest absolute Gasteiger partial charge is 0.327 e. The average molecular weight is 334 g/mol. The maximum atomic E-state index is 11.2. The number of carbonyl (C=O) groups excluding carboxylic acids is 1. The summed E-state index contributed by atoms with van der Waals surface area (Å²) in [5.74, 6) is -0.523. The van der Waals surface area contributed by atoms with E-state index in [-0.39, 0.29) is 11.7 Å². The van der Waals surface area contributed by atoms with Crippen molar-refractivity contribution in [2.75, 3.05) is 12.9 Å². The van der Waals surface area contributed by atoms with Crippen molar-refractivity contribution >= 4 is 34.5 Å². The third kappa shape index (κ3) is 4.13. The first kappa shape index (κ1) is 17.1. The van der Waals surface area contributed by atoms with E-state index in [9.17, 15) is 14.7 Å². The molecule has 7 heteroatoms. The van der Waals surface area contributed by atoms with Gasteiger partial charge in [-0.2, -0.15) is 0 Å². The predicted octanol–water partition coefficient (Wildman–Crippen LogP) is 2.23. The number of carbonyl (C=O) groups is 2. The Hall–Kier alpha value is -2.28. The number of hydrogen-bond donors (Lipinski definition) is 2. The molecule has 0 bridgehead atoms. The summed E-state index contributed by atoms with van der Waals surface area (Å²) in [4.78, 5) is 27.7. The quantitative estimate of drug-likeness (QED) is 0.788. The molecule has 1 aromatic carbocycles. The molecule has 0 radical (unpaired) electrons. The van der Waals surface area contributed by atoms with Crippen molar-refractivity contribution in [1.29, 1.82) is 0 Å². The highest BCUT2D eigenvalue weighted by molar-refractivity contribution is 7.99. The first-order valence-electron chi connectivity index (χ1n) is 6.99. The number of nitrogens with one attached hydrogen (secondary N) is 1. The van der Waals surface area contributed by atoms with Crippen LogP contribution in [0.5, 0.6) is 5.75 Å². The number of carboxylic acids is 1. The normalized spacial score (nSPS) is 12.0. The molecule has 0 aliphatic heterocycles. The predicted molar refractivity (Wildman–Crippen MR) is 89.0 cm³/mol. The highest BCUT2D eigenvalue weighted by Gasteiger charge is 2.19. The largest absolute Gasteiger partial charge is 0.494 e. The fraction of sp³-hybridized carbons (Fsp3) is 0.312. The summed E-state index contributed by atoms with van der Waals surface area (Å²) in [5.41, 5.74) is 1.56. The Bertz CT molecular complexity index is 748. The molecule has 1 amide bonds. The molecule has 1 aromatic heterocycles. The van der Waals surface area contributed by atoms with E-state index in [1.807, 2.05) is 31.2 Å². The van der Waals surface area contributed by atoms with Crippen molar-refractivity contribution in [2.24, 2.45) is 0 Å². The van der Waals surface area contributed by atoms with Gasteiger partial charge in [0.25, 0.3) is 0 Å². The SMILES string of the molecule is COc1cccc2c(SC[C@@H](NC(C)=O)C(=O)O)cc(C)nc12. The summed E-state index contributed by atoms with van der Waals surface area (Å²) in [6, 6.07) is 6.58. The number of fused-ring (bicyclic) bond motifs is 1. The molecule has 6 nitrogen and oxygen atoms in total. The van der Waals surface area contributed by atoms with E-state index < -0.39 is 12.0 Å². The summed E-state index contributed by atoms with van der Waals surface area (Å²) in [7, 11) is 1.59. The first-order chi connectivity index (χ1) is 10.9. The number of aromatic nitrogens is 1. The van der Waals surface area contributed by atoms with Gasteiger partial charge in [0.15, 0.2) is 0 Å². The standard InChI is InChI=1S/C16H18N2O4S/c1-9-7-14(23-8-12(16(20)21)18-10(2)19)11-5-4-6-13(22-3)15(11)17-9/h4-7,12H,8H2,1-3H3,(H,18,19)(H,20,21)/t12-/m1/s1. The van der Waals surface area contributed by atoms with Gasteiger partial charge < -0.3 is 15.2 Å². The highest BCUT2D eigenvalue weighted by Crippen LogP contribution is 2.32. The van der Waals surface area contributed by atoms with Crippen LogP contribution in [-0.4, -0.2) is 40.9 Å². The van der Waals surface area contributed by atoms with Crippen molar-refractivity contribution in [3.63, 3.8) is 0 Å². The Balaban J connectivity index is 2.32. The molecule has 2 N–H and O–H groups in total. The zero-order chi connectivity index (χ0) is 17.0. The lowest BCUT2D eigenvalue weighted by Gasteiger charge is -2.14. The highest BCUT2D eigenvalue weighted by atomic mass is 32.2. The number of pyridine rings is 1. The summed E-state index contributed by atoms with van der Waals surface area (Å²) >= 11 is 1.37. The number of nitrogens with zero attached hydrogens (tertiary/aromatic N) is 1. The number of benzene rings is 1. The van der Waals surface area contributed by atoms with Crippen LogP contribution in [0.2, 0.25) is 0 Å². The minimum absolute atomic E-state index is 0.227. The minimum atomic E-state index is -1.06. The molecule has 0 aliphatic carbocycles. The second-order valence-electron chi connectivity index (χ2n) is 5.02. The van der Waals surface area contributed by atoms with Crippen molar-refractivity contribution < 1.29 is 19.4 Å². The van der Waals surface area contributed by atoms with Gasteiger partial charge in [-0.3, -0.25) is 4.79 Å². The van der Waals surface area contributed by atoms with Crippen molar-refractivity contribution in [3.8, 4) is 5.75 Å². The van der Waals surface area contributed by atoms with E-state index in [0.717, 1.165) is 21.5 Å². The van der Waals surface area contributed by atoms with Gasteiger partial charge in [-0.1, -0.05) is 12.1 Å². The number of carboxylic acid groups (broad SMARTS) is 1. The van der Waals surface area contributed by atoms with E-state index in [2.05, 4.69) is 10.3 Å². The van der Waals surface area contributed by atoms with Crippen LogP contribution in [0.4, 0.5) is 0 Å². The van der Waals surface area contributed by atoms with Gasteiger partial charge in [-0.05, 0) is 19.1 Å². The summed E-state index contributed by atoms with van der Waals surface area (Å²) < 4.78 is 5.33. The lowest BCUT2D eigenvalue weighted by atomic mass is 10.2. The molecule has 2 aromatic rings. The molecule has 0 fully saturated rings. The van der Waals surface area contributed by atoms with Crippen LogP contribution in [-0.2, 0) is 9.59 Å². The Morgan fingerprint density at radius 2 is 2.17 bits per heavy atom. The van der Waals surface area contributed by atoms with Crippen molar-refractivity contribution in [2.45, 2.75) is 24.8 Å². The molecular formula is C16H18N2O4S. The van der Waals surface area contributed by atoms with E-state index in [1.165, 1.54) is 18.7 Å². The molecule has 0 spiro atoms. The number of rotatable bonds is 6. The van der Waals surface area contributed by atoms with E-state index >= 15 is 0 Å².